The fourth-order valence-electron chi connectivity index (χ4n) is 2.73. The maximum absolute atomic E-state index is 12.9. The summed E-state index contributed by atoms with van der Waals surface area (Å²) < 4.78 is 56.6. The largest absolute Gasteiger partial charge is 0.280 e. The average molecular weight is 530 g/mol. The summed E-state index contributed by atoms with van der Waals surface area (Å²) in [7, 11) is -7.96. The van der Waals surface area contributed by atoms with Crippen LogP contribution in [0.4, 0.5) is 11.4 Å². The molecule has 10 heteroatoms. The van der Waals surface area contributed by atoms with Crippen LogP contribution in [-0.2, 0) is 20.0 Å². The van der Waals surface area contributed by atoms with E-state index in [2.05, 4.69) is 25.4 Å². The lowest BCUT2D eigenvalue weighted by atomic mass is 10.1. The standard InChI is InChI=1S/C20H18BrClN2O4S2/c1-13-3-10-19(14(2)11-13)24-30(27,28)20-12-16(6-9-18(20)22)23-29(25,26)17-7-4-15(21)5-8-17/h3-12,23-24H,1-2H3. The van der Waals surface area contributed by atoms with Gasteiger partial charge in [0.2, 0.25) is 0 Å². The first-order valence-electron chi connectivity index (χ1n) is 8.66. The molecule has 30 heavy (non-hydrogen) atoms. The number of benzene rings is 3. The van der Waals surface area contributed by atoms with Gasteiger partial charge < -0.3 is 0 Å². The summed E-state index contributed by atoms with van der Waals surface area (Å²) in [5, 5.41) is -0.0288. The lowest BCUT2D eigenvalue weighted by molar-refractivity contribution is 0.598. The minimum absolute atomic E-state index is 0.0288. The van der Waals surface area contributed by atoms with Crippen molar-refractivity contribution >= 4 is 59.0 Å². The zero-order valence-corrected chi connectivity index (χ0v) is 20.0. The first-order chi connectivity index (χ1) is 14.0. The molecule has 6 nitrogen and oxygen atoms in total. The summed E-state index contributed by atoms with van der Waals surface area (Å²) in [5.41, 5.74) is 2.24. The molecule has 3 rings (SSSR count). The van der Waals surface area contributed by atoms with E-state index < -0.39 is 20.0 Å². The lowest BCUT2D eigenvalue weighted by Gasteiger charge is -2.14. The molecule has 0 radical (unpaired) electrons. The van der Waals surface area contributed by atoms with E-state index in [1.54, 1.807) is 31.2 Å². The number of anilines is 2. The molecule has 3 aromatic carbocycles. The SMILES string of the molecule is Cc1ccc(NS(=O)(=O)c2cc(NS(=O)(=O)c3ccc(Br)cc3)ccc2Cl)c(C)c1. The van der Waals surface area contributed by atoms with Gasteiger partial charge in [-0.05, 0) is 67.9 Å². The number of hydrogen-bond donors (Lipinski definition) is 2. The molecule has 0 saturated carbocycles. The Bertz CT molecular complexity index is 1310. The Balaban J connectivity index is 1.93. The molecule has 0 aliphatic carbocycles. The van der Waals surface area contributed by atoms with Crippen LogP contribution in [0, 0.1) is 13.8 Å². The first-order valence-corrected chi connectivity index (χ1v) is 12.8. The van der Waals surface area contributed by atoms with Crippen LogP contribution in [0.3, 0.4) is 0 Å². The molecule has 0 aliphatic rings. The van der Waals surface area contributed by atoms with Crippen LogP contribution < -0.4 is 9.44 Å². The van der Waals surface area contributed by atoms with Gasteiger partial charge in [0.1, 0.15) is 4.90 Å². The van der Waals surface area contributed by atoms with Crippen LogP contribution in [-0.4, -0.2) is 16.8 Å². The molecule has 2 N–H and O–H groups in total. The van der Waals surface area contributed by atoms with E-state index in [1.165, 1.54) is 30.3 Å². The molecule has 0 unspecified atom stereocenters. The van der Waals surface area contributed by atoms with Crippen molar-refractivity contribution in [1.29, 1.82) is 0 Å². The highest BCUT2D eigenvalue weighted by Gasteiger charge is 2.21. The number of sulfonamides is 2. The summed E-state index contributed by atoms with van der Waals surface area (Å²) in [4.78, 5) is -0.196. The highest BCUT2D eigenvalue weighted by molar-refractivity contribution is 9.10. The van der Waals surface area contributed by atoms with Crippen LogP contribution in [0.5, 0.6) is 0 Å². The van der Waals surface area contributed by atoms with Crippen LogP contribution in [0.2, 0.25) is 5.02 Å². The second-order valence-electron chi connectivity index (χ2n) is 6.63. The molecular formula is C20H18BrClN2O4S2. The van der Waals surface area contributed by atoms with Crippen LogP contribution in [0.25, 0.3) is 0 Å². The van der Waals surface area contributed by atoms with Crippen molar-refractivity contribution < 1.29 is 16.8 Å². The Morgan fingerprint density at radius 1 is 0.800 bits per heavy atom. The van der Waals surface area contributed by atoms with Gasteiger partial charge in [-0.2, -0.15) is 0 Å². The number of rotatable bonds is 6. The van der Waals surface area contributed by atoms with Gasteiger partial charge in [0.25, 0.3) is 20.0 Å². The molecule has 158 valence electrons. The van der Waals surface area contributed by atoms with Gasteiger partial charge in [0.05, 0.1) is 21.3 Å². The van der Waals surface area contributed by atoms with Crippen molar-refractivity contribution in [2.45, 2.75) is 23.6 Å². The van der Waals surface area contributed by atoms with Gasteiger partial charge in [-0.25, -0.2) is 16.8 Å². The topological polar surface area (TPSA) is 92.3 Å². The van der Waals surface area contributed by atoms with E-state index in [1.807, 2.05) is 13.0 Å². The molecule has 0 spiro atoms. The minimum atomic E-state index is -4.05. The predicted octanol–water partition coefficient (Wildman–Crippen LogP) is 5.32. The monoisotopic (exact) mass is 528 g/mol. The van der Waals surface area contributed by atoms with E-state index in [0.29, 0.717) is 5.69 Å². The van der Waals surface area contributed by atoms with E-state index in [-0.39, 0.29) is 20.5 Å². The first kappa shape index (κ1) is 22.6. The summed E-state index contributed by atoms with van der Waals surface area (Å²) in [6.07, 6.45) is 0. The average Bonchev–Trinajstić information content (AvgIpc) is 2.65. The highest BCUT2D eigenvalue weighted by Crippen LogP contribution is 2.29. The maximum atomic E-state index is 12.9. The molecule has 0 aliphatic heterocycles. The maximum Gasteiger partial charge on any atom is 0.263 e. The van der Waals surface area contributed by atoms with Gasteiger partial charge in [-0.3, -0.25) is 9.44 Å². The number of halogens is 2. The molecule has 0 bridgehead atoms. The van der Waals surface area contributed by atoms with Gasteiger partial charge in [0, 0.05) is 4.47 Å². The molecule has 0 amide bonds. The number of hydrogen-bond acceptors (Lipinski definition) is 4. The van der Waals surface area contributed by atoms with E-state index in [9.17, 15) is 16.8 Å². The normalized spacial score (nSPS) is 11.9. The van der Waals surface area contributed by atoms with Crippen LogP contribution >= 0.6 is 27.5 Å². The number of aryl methyl sites for hydroxylation is 2. The van der Waals surface area contributed by atoms with Crippen LogP contribution in [0.1, 0.15) is 11.1 Å². The third-order valence-electron chi connectivity index (χ3n) is 4.22. The Kier molecular flexibility index (Phi) is 6.47. The fraction of sp³-hybridized carbons (Fsp3) is 0.100. The second-order valence-corrected chi connectivity index (χ2v) is 11.3. The summed E-state index contributed by atoms with van der Waals surface area (Å²) in [6.45, 7) is 3.69. The molecule has 0 aromatic heterocycles. The van der Waals surface area contributed by atoms with Crippen molar-refractivity contribution in [1.82, 2.24) is 0 Å². The number of nitrogens with one attached hydrogen (secondary N) is 2. The van der Waals surface area contributed by atoms with Crippen molar-refractivity contribution in [3.05, 3.63) is 81.3 Å². The minimum Gasteiger partial charge on any atom is -0.280 e. The smallest absolute Gasteiger partial charge is 0.263 e. The Morgan fingerprint density at radius 2 is 1.47 bits per heavy atom. The van der Waals surface area contributed by atoms with Crippen molar-refractivity contribution in [2.24, 2.45) is 0 Å². The fourth-order valence-corrected chi connectivity index (χ4v) is 5.70. The summed E-state index contributed by atoms with van der Waals surface area (Å²) in [6, 6.07) is 15.3. The van der Waals surface area contributed by atoms with Gasteiger partial charge in [-0.15, -0.1) is 0 Å². The third-order valence-corrected chi connectivity index (χ3v) is 8.00. The Hall–Kier alpha value is -2.07. The van der Waals surface area contributed by atoms with E-state index in [0.717, 1.165) is 15.6 Å². The Morgan fingerprint density at radius 3 is 2.10 bits per heavy atom. The Labute approximate surface area is 189 Å². The molecular weight excluding hydrogens is 512 g/mol. The summed E-state index contributed by atoms with van der Waals surface area (Å²) in [5.74, 6) is 0. The van der Waals surface area contributed by atoms with E-state index in [4.69, 9.17) is 11.6 Å². The van der Waals surface area contributed by atoms with Gasteiger partial charge in [-0.1, -0.05) is 45.2 Å². The van der Waals surface area contributed by atoms with Crippen molar-refractivity contribution in [2.75, 3.05) is 9.44 Å². The van der Waals surface area contributed by atoms with Crippen LogP contribution in [0.15, 0.2) is 74.9 Å². The molecule has 0 heterocycles. The zero-order chi connectivity index (χ0) is 22.1. The van der Waals surface area contributed by atoms with Gasteiger partial charge in [0.15, 0.2) is 0 Å². The van der Waals surface area contributed by atoms with E-state index >= 15 is 0 Å². The highest BCUT2D eigenvalue weighted by atomic mass is 79.9. The molecule has 3 aromatic rings. The third kappa shape index (κ3) is 5.15. The second kappa shape index (κ2) is 8.58. The van der Waals surface area contributed by atoms with Crippen molar-refractivity contribution in [3.8, 4) is 0 Å². The zero-order valence-electron chi connectivity index (χ0n) is 16.0. The quantitative estimate of drug-likeness (QED) is 0.452. The molecule has 0 saturated heterocycles. The lowest BCUT2D eigenvalue weighted by Crippen LogP contribution is -2.16. The summed E-state index contributed by atoms with van der Waals surface area (Å²) >= 11 is 9.37. The molecule has 0 fully saturated rings. The van der Waals surface area contributed by atoms with Crippen molar-refractivity contribution in [3.63, 3.8) is 0 Å². The predicted molar refractivity (Wildman–Crippen MR) is 123 cm³/mol. The van der Waals surface area contributed by atoms with Gasteiger partial charge >= 0.3 is 0 Å². The molecule has 0 atom stereocenters.